The predicted octanol–water partition coefficient (Wildman–Crippen LogP) is 9.61. The molecular formula is C42H32N2Si. The van der Waals surface area contributed by atoms with Crippen LogP contribution in [0.25, 0.3) is 67.3 Å². The normalized spacial score (nSPS) is 12.8. The molecule has 0 aliphatic carbocycles. The summed E-state index contributed by atoms with van der Waals surface area (Å²) in [5.74, 6) is 0.767. The highest BCUT2D eigenvalue weighted by molar-refractivity contribution is 7.04. The zero-order chi connectivity index (χ0) is 30.4. The number of hydrogen-bond acceptors (Lipinski definition) is 2. The van der Waals surface area contributed by atoms with Crippen LogP contribution in [0.4, 0.5) is 0 Å². The Labute approximate surface area is 265 Å². The topological polar surface area (TPSA) is 25.8 Å². The van der Waals surface area contributed by atoms with E-state index in [-0.39, 0.29) is 0 Å². The summed E-state index contributed by atoms with van der Waals surface area (Å²) in [6.45, 7) is 4.85. The van der Waals surface area contributed by atoms with Gasteiger partial charge in [-0.3, -0.25) is 0 Å². The highest BCUT2D eigenvalue weighted by Gasteiger charge is 2.41. The fraction of sp³-hybridized carbons (Fsp3) is 0.0476. The monoisotopic (exact) mass is 592 g/mol. The molecule has 2 heterocycles. The third-order valence-electron chi connectivity index (χ3n) is 9.08. The molecule has 0 amide bonds. The Bertz CT molecular complexity index is 2170. The van der Waals surface area contributed by atoms with E-state index < -0.39 is 8.07 Å². The van der Waals surface area contributed by atoms with Gasteiger partial charge >= 0.3 is 0 Å². The Morgan fingerprint density at radius 1 is 0.378 bits per heavy atom. The molecule has 6 aromatic carbocycles. The van der Waals surface area contributed by atoms with Gasteiger partial charge in [0.15, 0.2) is 5.82 Å². The Kier molecular flexibility index (Phi) is 6.62. The molecule has 0 saturated heterocycles. The van der Waals surface area contributed by atoms with Gasteiger partial charge in [0, 0.05) is 11.1 Å². The van der Waals surface area contributed by atoms with E-state index in [9.17, 15) is 0 Å². The molecular weight excluding hydrogens is 561 g/mol. The molecule has 3 heteroatoms. The van der Waals surface area contributed by atoms with Crippen LogP contribution in [-0.2, 0) is 0 Å². The van der Waals surface area contributed by atoms with Gasteiger partial charge in [0.2, 0.25) is 0 Å². The minimum atomic E-state index is -1.98. The molecule has 0 unspecified atom stereocenters. The second kappa shape index (κ2) is 11.0. The van der Waals surface area contributed by atoms with Gasteiger partial charge in [0.1, 0.15) is 8.07 Å². The van der Waals surface area contributed by atoms with E-state index in [4.69, 9.17) is 9.97 Å². The SMILES string of the molecule is C[Si]1(C)c2ccccc2-c2nc(-c3cccc(-c4cccc(-c5ccc(-c6ccccc6)cc5)c4)c3)nc(-c3ccccc3)c21. The molecule has 0 radical (unpaired) electrons. The Balaban J connectivity index is 1.20. The van der Waals surface area contributed by atoms with Gasteiger partial charge in [0.05, 0.1) is 11.4 Å². The summed E-state index contributed by atoms with van der Waals surface area (Å²) < 4.78 is 0. The first-order valence-electron chi connectivity index (χ1n) is 15.5. The molecule has 0 saturated carbocycles. The molecule has 0 bridgehead atoms. The molecule has 45 heavy (non-hydrogen) atoms. The summed E-state index contributed by atoms with van der Waals surface area (Å²) in [5.41, 5.74) is 12.8. The highest BCUT2D eigenvalue weighted by atomic mass is 28.3. The lowest BCUT2D eigenvalue weighted by atomic mass is 9.96. The van der Waals surface area contributed by atoms with Gasteiger partial charge in [-0.25, -0.2) is 9.97 Å². The molecule has 2 nitrogen and oxygen atoms in total. The van der Waals surface area contributed by atoms with Crippen LogP contribution in [0.1, 0.15) is 0 Å². The number of aromatic nitrogens is 2. The Hall–Kier alpha value is -5.38. The number of benzene rings is 6. The summed E-state index contributed by atoms with van der Waals surface area (Å²) in [4.78, 5) is 10.6. The first-order valence-corrected chi connectivity index (χ1v) is 18.5. The van der Waals surface area contributed by atoms with Crippen molar-refractivity contribution < 1.29 is 0 Å². The van der Waals surface area contributed by atoms with Crippen molar-refractivity contribution in [1.82, 2.24) is 9.97 Å². The van der Waals surface area contributed by atoms with E-state index in [1.165, 1.54) is 43.8 Å². The van der Waals surface area contributed by atoms with E-state index in [0.29, 0.717) is 0 Å². The van der Waals surface area contributed by atoms with Crippen LogP contribution in [0.2, 0.25) is 13.1 Å². The van der Waals surface area contributed by atoms with E-state index in [1.54, 1.807) is 0 Å². The number of nitrogens with zero attached hydrogens (tertiary/aromatic N) is 2. The van der Waals surface area contributed by atoms with Crippen LogP contribution >= 0.6 is 0 Å². The smallest absolute Gasteiger partial charge is 0.160 e. The molecule has 1 aromatic heterocycles. The number of hydrogen-bond donors (Lipinski definition) is 0. The lowest BCUT2D eigenvalue weighted by Crippen LogP contribution is -2.50. The van der Waals surface area contributed by atoms with Gasteiger partial charge in [0.25, 0.3) is 0 Å². The fourth-order valence-corrected chi connectivity index (χ4v) is 9.98. The van der Waals surface area contributed by atoms with Crippen molar-refractivity contribution in [2.45, 2.75) is 13.1 Å². The molecule has 7 aromatic rings. The second-order valence-corrected chi connectivity index (χ2v) is 16.5. The van der Waals surface area contributed by atoms with Crippen molar-refractivity contribution in [3.8, 4) is 67.3 Å². The van der Waals surface area contributed by atoms with Crippen molar-refractivity contribution in [3.63, 3.8) is 0 Å². The minimum absolute atomic E-state index is 0.767. The van der Waals surface area contributed by atoms with Gasteiger partial charge in [-0.2, -0.15) is 0 Å². The Morgan fingerprint density at radius 2 is 0.822 bits per heavy atom. The van der Waals surface area contributed by atoms with Crippen LogP contribution in [0, 0.1) is 0 Å². The summed E-state index contributed by atoms with van der Waals surface area (Å²) in [5, 5.41) is 2.77. The summed E-state index contributed by atoms with van der Waals surface area (Å²) in [7, 11) is -1.98. The van der Waals surface area contributed by atoms with E-state index >= 15 is 0 Å². The molecule has 1 aliphatic heterocycles. The van der Waals surface area contributed by atoms with E-state index in [2.05, 4.69) is 171 Å². The second-order valence-electron chi connectivity index (χ2n) is 12.3. The fourth-order valence-electron chi connectivity index (χ4n) is 6.75. The third kappa shape index (κ3) is 4.82. The van der Waals surface area contributed by atoms with Crippen LogP contribution in [0.15, 0.2) is 158 Å². The summed E-state index contributed by atoms with van der Waals surface area (Å²) in [6.07, 6.45) is 0. The number of fused-ring (bicyclic) bond motifs is 3. The van der Waals surface area contributed by atoms with Crippen molar-refractivity contribution in [3.05, 3.63) is 158 Å². The quantitative estimate of drug-likeness (QED) is 0.186. The third-order valence-corrected chi connectivity index (χ3v) is 12.6. The van der Waals surface area contributed by atoms with Gasteiger partial charge in [-0.1, -0.05) is 159 Å². The molecule has 0 fully saturated rings. The lowest BCUT2D eigenvalue weighted by molar-refractivity contribution is 1.20. The molecule has 1 aliphatic rings. The minimum Gasteiger partial charge on any atom is -0.228 e. The maximum atomic E-state index is 5.32. The largest absolute Gasteiger partial charge is 0.228 e. The standard InChI is InChI=1S/C42H32N2Si/c1-45(2)38-22-10-9-21-37(38)40-41(45)39(32-15-7-4-8-16-32)43-42(44-40)36-20-12-19-35(28-36)34-18-11-17-33(27-34)31-25-23-30(24-26-31)29-13-5-3-6-14-29/h3-28H,1-2H3. The number of rotatable bonds is 5. The lowest BCUT2D eigenvalue weighted by Gasteiger charge is -2.21. The zero-order valence-electron chi connectivity index (χ0n) is 25.4. The van der Waals surface area contributed by atoms with Gasteiger partial charge < -0.3 is 0 Å². The van der Waals surface area contributed by atoms with Crippen LogP contribution in [0.3, 0.4) is 0 Å². The summed E-state index contributed by atoms with van der Waals surface area (Å²) >= 11 is 0. The summed E-state index contributed by atoms with van der Waals surface area (Å²) in [6, 6.07) is 56.2. The Morgan fingerprint density at radius 3 is 1.49 bits per heavy atom. The van der Waals surface area contributed by atoms with Crippen molar-refractivity contribution >= 4 is 18.4 Å². The maximum Gasteiger partial charge on any atom is 0.160 e. The first-order chi connectivity index (χ1) is 22.1. The predicted molar refractivity (Wildman–Crippen MR) is 191 cm³/mol. The van der Waals surface area contributed by atoms with Gasteiger partial charge in [-0.15, -0.1) is 0 Å². The molecule has 214 valence electrons. The molecule has 0 N–H and O–H groups in total. The zero-order valence-corrected chi connectivity index (χ0v) is 26.4. The van der Waals surface area contributed by atoms with Gasteiger partial charge in [-0.05, 0) is 61.5 Å². The maximum absolute atomic E-state index is 5.32. The van der Waals surface area contributed by atoms with Crippen molar-refractivity contribution in [1.29, 1.82) is 0 Å². The van der Waals surface area contributed by atoms with Crippen LogP contribution in [0.5, 0.6) is 0 Å². The highest BCUT2D eigenvalue weighted by Crippen LogP contribution is 2.35. The van der Waals surface area contributed by atoms with E-state index in [0.717, 1.165) is 33.9 Å². The average Bonchev–Trinajstić information content (AvgIpc) is 3.35. The molecule has 8 rings (SSSR count). The van der Waals surface area contributed by atoms with Crippen molar-refractivity contribution in [2.75, 3.05) is 0 Å². The van der Waals surface area contributed by atoms with Crippen LogP contribution in [-0.4, -0.2) is 18.0 Å². The van der Waals surface area contributed by atoms with Crippen LogP contribution < -0.4 is 10.4 Å². The molecule has 0 atom stereocenters. The first kappa shape index (κ1) is 27.2. The average molecular weight is 593 g/mol. The van der Waals surface area contributed by atoms with E-state index in [1.807, 2.05) is 0 Å². The van der Waals surface area contributed by atoms with Crippen molar-refractivity contribution in [2.24, 2.45) is 0 Å². The molecule has 0 spiro atoms.